The fraction of sp³-hybridized carbons (Fsp3) is 0.250. The van der Waals surface area contributed by atoms with Gasteiger partial charge >= 0.3 is 6.18 Å². The Labute approximate surface area is 214 Å². The van der Waals surface area contributed by atoms with Crippen LogP contribution in [0.25, 0.3) is 11.3 Å². The third-order valence-electron chi connectivity index (χ3n) is 4.75. The van der Waals surface area contributed by atoms with Crippen LogP contribution in [0.15, 0.2) is 64.9 Å². The fourth-order valence-corrected chi connectivity index (χ4v) is 3.56. The fourth-order valence-electron chi connectivity index (χ4n) is 3.19. The average Bonchev–Trinajstić information content (AvgIpc) is 3.25. The summed E-state index contributed by atoms with van der Waals surface area (Å²) in [5.41, 5.74) is 2.40. The van der Waals surface area contributed by atoms with Gasteiger partial charge in [-0.05, 0) is 59.6 Å². The molecule has 3 aromatic rings. The van der Waals surface area contributed by atoms with Crippen LogP contribution >= 0.6 is 15.9 Å². The number of aryl methyl sites for hydroxylation is 1. The molecule has 1 amide bonds. The number of allylic oxidation sites excluding steroid dienone is 1. The van der Waals surface area contributed by atoms with E-state index in [-0.39, 0.29) is 5.69 Å². The first-order valence-corrected chi connectivity index (χ1v) is 11.8. The number of aromatic nitrogens is 3. The van der Waals surface area contributed by atoms with Gasteiger partial charge in [0.2, 0.25) is 11.7 Å². The Morgan fingerprint density at radius 2 is 1.92 bits per heavy atom. The Balaban J connectivity index is 0.00000176. The van der Waals surface area contributed by atoms with E-state index in [9.17, 15) is 18.0 Å². The maximum Gasteiger partial charge on any atom is 0.451 e. The molecule has 0 aliphatic carbocycles. The zero-order valence-corrected chi connectivity index (χ0v) is 21.5. The van der Waals surface area contributed by atoms with Crippen molar-refractivity contribution in [2.75, 3.05) is 10.6 Å². The minimum atomic E-state index is -4.79. The monoisotopic (exact) mass is 564 g/mol. The topological polar surface area (TPSA) is 101 Å². The number of halogens is 4. The van der Waals surface area contributed by atoms with Crippen molar-refractivity contribution in [2.24, 2.45) is 0 Å². The summed E-state index contributed by atoms with van der Waals surface area (Å²) in [6, 6.07) is 8.47. The minimum absolute atomic E-state index is 0.279. The van der Waals surface area contributed by atoms with Gasteiger partial charge in [-0.25, -0.2) is 9.97 Å². The lowest BCUT2D eigenvalue weighted by Gasteiger charge is -2.13. The number of nitrogens with one attached hydrogen (secondary N) is 3. The molecular weight excluding hydrogens is 541 g/mol. The first-order chi connectivity index (χ1) is 17.1. The molecule has 190 valence electrons. The lowest BCUT2D eigenvalue weighted by atomic mass is 10.1. The van der Waals surface area contributed by atoms with E-state index in [0.29, 0.717) is 17.3 Å². The Morgan fingerprint density at radius 3 is 2.61 bits per heavy atom. The van der Waals surface area contributed by atoms with Crippen LogP contribution in [0, 0.1) is 6.92 Å². The third kappa shape index (κ3) is 6.51. The van der Waals surface area contributed by atoms with E-state index in [0.717, 1.165) is 15.6 Å². The lowest BCUT2D eigenvalue weighted by molar-refractivity contribution is -0.134. The SMILES string of the molecule is CC.Cc1ccc(NC(=O)C2=C(C(F)(F)F)OC(C)N2)cc1Nc1nccc(-c2cncc(Br)c2)n1. The van der Waals surface area contributed by atoms with Crippen LogP contribution < -0.4 is 16.0 Å². The average molecular weight is 565 g/mol. The van der Waals surface area contributed by atoms with E-state index in [1.807, 2.05) is 26.8 Å². The minimum Gasteiger partial charge on any atom is -0.464 e. The molecule has 1 aliphatic rings. The van der Waals surface area contributed by atoms with Crippen LogP contribution in [0.4, 0.5) is 30.5 Å². The van der Waals surface area contributed by atoms with E-state index in [1.165, 1.54) is 6.92 Å². The summed E-state index contributed by atoms with van der Waals surface area (Å²) in [5, 5.41) is 7.96. The van der Waals surface area contributed by atoms with Crippen molar-refractivity contribution in [1.29, 1.82) is 0 Å². The maximum absolute atomic E-state index is 13.2. The second-order valence-electron chi connectivity index (χ2n) is 7.37. The molecule has 1 aliphatic heterocycles. The smallest absolute Gasteiger partial charge is 0.451 e. The first kappa shape index (κ1) is 26.9. The maximum atomic E-state index is 13.2. The standard InChI is InChI=1S/C22H18BrF3N6O2.C2H6/c1-11-3-4-15(30-20(33)18-19(22(24,25)26)34-12(2)29-18)8-17(11)32-21-28-6-5-16(31-21)13-7-14(23)10-27-9-13;1-2/h3-10,12,29H,1-2H3,(H,30,33)(H,28,31,32);1-2H3. The number of carbonyl (C=O) groups excluding carboxylic acids is 1. The summed E-state index contributed by atoms with van der Waals surface area (Å²) in [5.74, 6) is -2.02. The van der Waals surface area contributed by atoms with Gasteiger partial charge in [0.1, 0.15) is 0 Å². The molecular formula is C24H24BrF3N6O2. The second kappa shape index (κ2) is 11.4. The van der Waals surface area contributed by atoms with E-state index >= 15 is 0 Å². The van der Waals surface area contributed by atoms with Crippen molar-refractivity contribution in [3.63, 3.8) is 0 Å². The van der Waals surface area contributed by atoms with Crippen LogP contribution in [-0.2, 0) is 9.53 Å². The molecule has 0 spiro atoms. The molecule has 0 saturated heterocycles. The molecule has 1 atom stereocenters. The molecule has 0 radical (unpaired) electrons. The number of alkyl halides is 3. The van der Waals surface area contributed by atoms with Crippen molar-refractivity contribution in [2.45, 2.75) is 40.1 Å². The van der Waals surface area contributed by atoms with Crippen LogP contribution in [0.5, 0.6) is 0 Å². The normalized spacial score (nSPS) is 14.8. The quantitative estimate of drug-likeness (QED) is 0.346. The molecule has 3 N–H and O–H groups in total. The van der Waals surface area contributed by atoms with Gasteiger partial charge in [0.15, 0.2) is 11.9 Å². The number of rotatable bonds is 5. The summed E-state index contributed by atoms with van der Waals surface area (Å²) in [6.45, 7) is 7.20. The Bertz CT molecular complexity index is 1280. The van der Waals surface area contributed by atoms with Gasteiger partial charge in [-0.3, -0.25) is 9.78 Å². The van der Waals surface area contributed by atoms with Crippen molar-refractivity contribution < 1.29 is 22.7 Å². The number of benzene rings is 1. The molecule has 0 saturated carbocycles. The van der Waals surface area contributed by atoms with Gasteiger partial charge < -0.3 is 20.7 Å². The number of hydrogen-bond acceptors (Lipinski definition) is 7. The highest BCUT2D eigenvalue weighted by Crippen LogP contribution is 2.33. The highest BCUT2D eigenvalue weighted by molar-refractivity contribution is 9.10. The largest absolute Gasteiger partial charge is 0.464 e. The van der Waals surface area contributed by atoms with Gasteiger partial charge in [-0.15, -0.1) is 0 Å². The van der Waals surface area contributed by atoms with Crippen molar-refractivity contribution in [3.05, 3.63) is 70.4 Å². The molecule has 2 aromatic heterocycles. The number of pyridine rings is 1. The molecule has 4 rings (SSSR count). The molecule has 1 unspecified atom stereocenters. The van der Waals surface area contributed by atoms with E-state index in [4.69, 9.17) is 4.74 Å². The van der Waals surface area contributed by atoms with Gasteiger partial charge in [0, 0.05) is 40.0 Å². The summed E-state index contributed by atoms with van der Waals surface area (Å²) in [6.07, 6.45) is -0.850. The van der Waals surface area contributed by atoms with Gasteiger partial charge in [-0.2, -0.15) is 13.2 Å². The number of amides is 1. The first-order valence-electron chi connectivity index (χ1n) is 11.0. The molecule has 12 heteroatoms. The lowest BCUT2D eigenvalue weighted by Crippen LogP contribution is -2.28. The van der Waals surface area contributed by atoms with E-state index in [1.54, 1.807) is 42.9 Å². The van der Waals surface area contributed by atoms with E-state index < -0.39 is 29.8 Å². The third-order valence-corrected chi connectivity index (χ3v) is 5.19. The number of hydrogen-bond donors (Lipinski definition) is 3. The van der Waals surface area contributed by atoms with Gasteiger partial charge in [0.25, 0.3) is 5.91 Å². The highest BCUT2D eigenvalue weighted by atomic mass is 79.9. The van der Waals surface area contributed by atoms with Crippen LogP contribution in [0.1, 0.15) is 26.3 Å². The van der Waals surface area contributed by atoms with Gasteiger partial charge in [0.05, 0.1) is 5.69 Å². The zero-order valence-electron chi connectivity index (χ0n) is 19.9. The molecule has 3 heterocycles. The Kier molecular flexibility index (Phi) is 8.51. The molecule has 36 heavy (non-hydrogen) atoms. The van der Waals surface area contributed by atoms with Crippen LogP contribution in [0.2, 0.25) is 0 Å². The number of anilines is 3. The van der Waals surface area contributed by atoms with Crippen LogP contribution in [-0.4, -0.2) is 33.3 Å². The Morgan fingerprint density at radius 1 is 1.17 bits per heavy atom. The number of nitrogens with zero attached hydrogens (tertiary/aromatic N) is 3. The molecule has 0 bridgehead atoms. The second-order valence-corrected chi connectivity index (χ2v) is 8.29. The highest BCUT2D eigenvalue weighted by Gasteiger charge is 2.45. The van der Waals surface area contributed by atoms with Crippen molar-refractivity contribution in [1.82, 2.24) is 20.3 Å². The predicted molar refractivity (Wildman–Crippen MR) is 134 cm³/mol. The van der Waals surface area contributed by atoms with Crippen molar-refractivity contribution in [3.8, 4) is 11.3 Å². The number of ether oxygens (including phenoxy) is 1. The van der Waals surface area contributed by atoms with Gasteiger partial charge in [-0.1, -0.05) is 19.9 Å². The van der Waals surface area contributed by atoms with Crippen LogP contribution in [0.3, 0.4) is 0 Å². The molecule has 1 aromatic carbocycles. The molecule has 0 fully saturated rings. The summed E-state index contributed by atoms with van der Waals surface area (Å²) in [4.78, 5) is 25.4. The Hall–Kier alpha value is -3.67. The summed E-state index contributed by atoms with van der Waals surface area (Å²) >= 11 is 3.38. The zero-order chi connectivity index (χ0) is 26.5. The predicted octanol–water partition coefficient (Wildman–Crippen LogP) is 6.06. The summed E-state index contributed by atoms with van der Waals surface area (Å²) < 4.78 is 45.1. The van der Waals surface area contributed by atoms with Crippen molar-refractivity contribution >= 4 is 39.2 Å². The summed E-state index contributed by atoms with van der Waals surface area (Å²) in [7, 11) is 0. The van der Waals surface area contributed by atoms with E-state index in [2.05, 4.69) is 46.8 Å². The molecule has 8 nitrogen and oxygen atoms in total. The number of carbonyl (C=O) groups is 1.